The molecule has 2 heteroatoms. The van der Waals surface area contributed by atoms with Crippen molar-refractivity contribution < 1.29 is 9.53 Å². The van der Waals surface area contributed by atoms with Gasteiger partial charge in [0, 0.05) is 6.92 Å². The molecule has 1 aromatic rings. The van der Waals surface area contributed by atoms with Crippen molar-refractivity contribution in [1.29, 1.82) is 0 Å². The van der Waals surface area contributed by atoms with Crippen molar-refractivity contribution in [2.24, 2.45) is 0 Å². The number of rotatable bonds is 6. The van der Waals surface area contributed by atoms with Crippen molar-refractivity contribution >= 4 is 12.0 Å². The van der Waals surface area contributed by atoms with Crippen LogP contribution in [0.25, 0.3) is 6.08 Å². The molecule has 0 heterocycles. The molecule has 0 unspecified atom stereocenters. The van der Waals surface area contributed by atoms with Crippen LogP contribution in [0, 0.1) is 0 Å². The first-order chi connectivity index (χ1) is 8.65. The predicted octanol–water partition coefficient (Wildman–Crippen LogP) is 4.00. The van der Waals surface area contributed by atoms with Gasteiger partial charge in [-0.1, -0.05) is 50.6 Å². The minimum absolute atomic E-state index is 0.223. The Morgan fingerprint density at radius 3 is 2.72 bits per heavy atom. The lowest BCUT2D eigenvalue weighted by molar-refractivity contribution is -0.140. The van der Waals surface area contributed by atoms with Crippen molar-refractivity contribution in [3.05, 3.63) is 41.0 Å². The summed E-state index contributed by atoms with van der Waals surface area (Å²) in [5, 5.41) is 0. The van der Waals surface area contributed by atoms with E-state index in [-0.39, 0.29) is 5.97 Å². The van der Waals surface area contributed by atoms with E-state index >= 15 is 0 Å². The molecule has 0 aliphatic heterocycles. The van der Waals surface area contributed by atoms with Gasteiger partial charge in [0.05, 0.1) is 0 Å². The van der Waals surface area contributed by atoms with E-state index in [4.69, 9.17) is 4.74 Å². The molecule has 1 aromatic carbocycles. The molecule has 2 nitrogen and oxygen atoms in total. The summed E-state index contributed by atoms with van der Waals surface area (Å²) in [6.07, 6.45) is 5.19. The molecular weight excluding hydrogens is 224 g/mol. The Labute approximate surface area is 110 Å². The van der Waals surface area contributed by atoms with Crippen molar-refractivity contribution in [2.75, 3.05) is 6.61 Å². The molecule has 18 heavy (non-hydrogen) atoms. The summed E-state index contributed by atoms with van der Waals surface area (Å²) < 4.78 is 5.08. The largest absolute Gasteiger partial charge is 0.461 e. The molecule has 0 saturated heterocycles. The summed E-state index contributed by atoms with van der Waals surface area (Å²) in [5.41, 5.74) is 3.68. The lowest BCUT2D eigenvalue weighted by Crippen LogP contribution is -2.03. The van der Waals surface area contributed by atoms with Crippen molar-refractivity contribution in [1.82, 2.24) is 0 Å². The molecule has 0 aromatic heterocycles. The maximum absolute atomic E-state index is 10.9. The van der Waals surface area contributed by atoms with Gasteiger partial charge in [0.15, 0.2) is 0 Å². The monoisotopic (exact) mass is 246 g/mol. The lowest BCUT2D eigenvalue weighted by Gasteiger charge is -2.07. The van der Waals surface area contributed by atoms with E-state index in [1.165, 1.54) is 23.6 Å². The molecule has 1 rings (SSSR count). The van der Waals surface area contributed by atoms with Gasteiger partial charge in [0.2, 0.25) is 0 Å². The fraction of sp³-hybridized carbons (Fsp3) is 0.438. The van der Waals surface area contributed by atoms with Crippen LogP contribution in [0.2, 0.25) is 0 Å². The number of ether oxygens (including phenoxy) is 1. The second kappa shape index (κ2) is 7.70. The van der Waals surface area contributed by atoms with Gasteiger partial charge >= 0.3 is 5.97 Å². The van der Waals surface area contributed by atoms with Crippen molar-refractivity contribution in [2.45, 2.75) is 40.0 Å². The smallest absolute Gasteiger partial charge is 0.302 e. The van der Waals surface area contributed by atoms with E-state index in [1.807, 2.05) is 0 Å². The van der Waals surface area contributed by atoms with E-state index in [1.54, 1.807) is 0 Å². The van der Waals surface area contributed by atoms with Gasteiger partial charge < -0.3 is 4.74 Å². The van der Waals surface area contributed by atoms with Crippen LogP contribution < -0.4 is 0 Å². The second-order valence-electron chi connectivity index (χ2n) is 4.43. The Hall–Kier alpha value is -1.57. The van der Waals surface area contributed by atoms with Gasteiger partial charge in [-0.05, 0) is 29.5 Å². The molecule has 0 fully saturated rings. The zero-order valence-corrected chi connectivity index (χ0v) is 11.5. The maximum atomic E-state index is 10.9. The number of benzene rings is 1. The molecule has 0 atom stereocenters. The molecule has 0 radical (unpaired) electrons. The number of hydrogen-bond acceptors (Lipinski definition) is 2. The Morgan fingerprint density at radius 2 is 2.11 bits per heavy atom. The maximum Gasteiger partial charge on any atom is 0.302 e. The summed E-state index contributed by atoms with van der Waals surface area (Å²) in [4.78, 5) is 10.9. The normalized spacial score (nSPS) is 11.4. The zero-order chi connectivity index (χ0) is 13.4. The average molecular weight is 246 g/mol. The summed E-state index contributed by atoms with van der Waals surface area (Å²) in [6.45, 7) is 6.12. The average Bonchev–Trinajstić information content (AvgIpc) is 2.36. The third-order valence-corrected chi connectivity index (χ3v) is 2.76. The lowest BCUT2D eigenvalue weighted by atomic mass is 10.0. The first-order valence-corrected chi connectivity index (χ1v) is 6.57. The highest BCUT2D eigenvalue weighted by Crippen LogP contribution is 2.14. The minimum atomic E-state index is -0.223. The van der Waals surface area contributed by atoms with Crippen LogP contribution in [-0.4, -0.2) is 12.6 Å². The zero-order valence-electron chi connectivity index (χ0n) is 11.5. The highest BCUT2D eigenvalue weighted by atomic mass is 16.5. The highest BCUT2D eigenvalue weighted by Gasteiger charge is 2.01. The van der Waals surface area contributed by atoms with Gasteiger partial charge in [-0.15, -0.1) is 0 Å². The summed E-state index contributed by atoms with van der Waals surface area (Å²) in [7, 11) is 0. The van der Waals surface area contributed by atoms with E-state index in [9.17, 15) is 4.79 Å². The van der Waals surface area contributed by atoms with Crippen LogP contribution in [0.15, 0.2) is 29.8 Å². The number of esters is 1. The van der Waals surface area contributed by atoms with Crippen molar-refractivity contribution in [3.8, 4) is 0 Å². The molecule has 0 spiro atoms. The molecule has 0 aliphatic carbocycles. The topological polar surface area (TPSA) is 26.3 Å². The summed E-state index contributed by atoms with van der Waals surface area (Å²) in [6, 6.07) is 8.47. The van der Waals surface area contributed by atoms with Crippen LogP contribution in [0.4, 0.5) is 0 Å². The van der Waals surface area contributed by atoms with E-state index in [0.29, 0.717) is 6.61 Å². The Morgan fingerprint density at radius 1 is 1.33 bits per heavy atom. The Kier molecular flexibility index (Phi) is 6.20. The van der Waals surface area contributed by atoms with Crippen LogP contribution in [-0.2, 0) is 16.0 Å². The van der Waals surface area contributed by atoms with Gasteiger partial charge in [-0.3, -0.25) is 4.79 Å². The van der Waals surface area contributed by atoms with Crippen molar-refractivity contribution in [3.63, 3.8) is 0 Å². The number of carbonyl (C=O) groups is 1. The van der Waals surface area contributed by atoms with Crippen LogP contribution in [0.5, 0.6) is 0 Å². The van der Waals surface area contributed by atoms with Crippen LogP contribution >= 0.6 is 0 Å². The fourth-order valence-electron chi connectivity index (χ4n) is 1.84. The third-order valence-electron chi connectivity index (χ3n) is 2.76. The molecule has 0 amide bonds. The molecular formula is C16H22O2. The first kappa shape index (κ1) is 14.5. The SMILES string of the molecule is CCC/C(=C\c1cccc(CC)c1)COC(C)=O. The van der Waals surface area contributed by atoms with E-state index in [0.717, 1.165) is 19.3 Å². The summed E-state index contributed by atoms with van der Waals surface area (Å²) in [5.74, 6) is -0.223. The molecule has 0 bridgehead atoms. The Bertz CT molecular complexity index is 419. The second-order valence-corrected chi connectivity index (χ2v) is 4.43. The van der Waals surface area contributed by atoms with E-state index in [2.05, 4.69) is 44.2 Å². The Balaban J connectivity index is 2.81. The van der Waals surface area contributed by atoms with Crippen LogP contribution in [0.1, 0.15) is 44.7 Å². The third kappa shape index (κ3) is 5.17. The van der Waals surface area contributed by atoms with Gasteiger partial charge in [0.25, 0.3) is 0 Å². The van der Waals surface area contributed by atoms with Gasteiger partial charge in [-0.2, -0.15) is 0 Å². The van der Waals surface area contributed by atoms with E-state index < -0.39 is 0 Å². The number of aryl methyl sites for hydroxylation is 1. The fourth-order valence-corrected chi connectivity index (χ4v) is 1.84. The summed E-state index contributed by atoms with van der Waals surface area (Å²) >= 11 is 0. The minimum Gasteiger partial charge on any atom is -0.461 e. The highest BCUT2D eigenvalue weighted by molar-refractivity contribution is 5.66. The standard InChI is InChI=1S/C16H22O2/c1-4-7-16(12-18-13(3)17)11-15-9-6-8-14(5-2)10-15/h6,8-11H,4-5,7,12H2,1-3H3/b16-11+. The molecule has 0 saturated carbocycles. The predicted molar refractivity (Wildman–Crippen MR) is 75.3 cm³/mol. The first-order valence-electron chi connectivity index (χ1n) is 6.57. The number of hydrogen-bond donors (Lipinski definition) is 0. The van der Waals surface area contributed by atoms with Gasteiger partial charge in [-0.25, -0.2) is 0 Å². The molecule has 0 N–H and O–H groups in total. The quantitative estimate of drug-likeness (QED) is 0.709. The number of carbonyl (C=O) groups excluding carboxylic acids is 1. The van der Waals surface area contributed by atoms with Gasteiger partial charge in [0.1, 0.15) is 6.61 Å². The van der Waals surface area contributed by atoms with Crippen LogP contribution in [0.3, 0.4) is 0 Å². The molecule has 0 aliphatic rings. The molecule has 98 valence electrons.